The van der Waals surface area contributed by atoms with E-state index in [1.54, 1.807) is 19.6 Å². The highest BCUT2D eigenvalue weighted by Gasteiger charge is 2.01. The molecule has 1 aromatic heterocycles. The summed E-state index contributed by atoms with van der Waals surface area (Å²) in [5, 5.41) is 3.47. The Bertz CT molecular complexity index is 705. The molecule has 0 aliphatic heterocycles. The molecule has 0 aliphatic rings. The Hall–Kier alpha value is -2.59. The number of ether oxygens (including phenoxy) is 1. The second-order valence-electron chi connectivity index (χ2n) is 5.08. The molecule has 2 aromatic carbocycles. The summed E-state index contributed by atoms with van der Waals surface area (Å²) < 4.78 is 7.22. The third-order valence-corrected chi connectivity index (χ3v) is 3.54. The van der Waals surface area contributed by atoms with Crippen molar-refractivity contribution in [3.63, 3.8) is 0 Å². The molecule has 0 amide bonds. The van der Waals surface area contributed by atoms with Gasteiger partial charge in [-0.25, -0.2) is 4.98 Å². The number of hydrogen-bond donors (Lipinski definition) is 1. The van der Waals surface area contributed by atoms with Crippen LogP contribution in [0.3, 0.4) is 0 Å². The molecule has 0 bridgehead atoms. The fraction of sp³-hybridized carbons (Fsp3) is 0.167. The monoisotopic (exact) mass is 293 g/mol. The molecular formula is C18H19N3O. The predicted molar refractivity (Wildman–Crippen MR) is 88.0 cm³/mol. The third-order valence-electron chi connectivity index (χ3n) is 3.54. The van der Waals surface area contributed by atoms with Crippen molar-refractivity contribution >= 4 is 5.69 Å². The van der Waals surface area contributed by atoms with Crippen LogP contribution in [0.5, 0.6) is 0 Å². The number of imidazole rings is 1. The van der Waals surface area contributed by atoms with E-state index in [1.807, 2.05) is 22.9 Å². The molecular weight excluding hydrogens is 274 g/mol. The number of benzene rings is 2. The lowest BCUT2D eigenvalue weighted by atomic mass is 10.1. The van der Waals surface area contributed by atoms with Crippen molar-refractivity contribution in [1.29, 1.82) is 0 Å². The first-order valence-electron chi connectivity index (χ1n) is 7.25. The molecule has 0 spiro atoms. The Labute approximate surface area is 130 Å². The number of hydrogen-bond acceptors (Lipinski definition) is 3. The number of aromatic nitrogens is 2. The molecule has 4 heteroatoms. The molecule has 0 fully saturated rings. The molecule has 3 rings (SSSR count). The second kappa shape index (κ2) is 6.91. The van der Waals surface area contributed by atoms with Gasteiger partial charge < -0.3 is 14.6 Å². The number of rotatable bonds is 6. The molecule has 22 heavy (non-hydrogen) atoms. The van der Waals surface area contributed by atoms with E-state index >= 15 is 0 Å². The van der Waals surface area contributed by atoms with Crippen LogP contribution >= 0.6 is 0 Å². The smallest absolute Gasteiger partial charge is 0.0991 e. The van der Waals surface area contributed by atoms with Gasteiger partial charge in [0.15, 0.2) is 0 Å². The quantitative estimate of drug-likeness (QED) is 0.754. The molecule has 0 radical (unpaired) electrons. The lowest BCUT2D eigenvalue weighted by Gasteiger charge is -2.12. The maximum absolute atomic E-state index is 5.23. The van der Waals surface area contributed by atoms with E-state index in [0.717, 1.165) is 17.9 Å². The maximum atomic E-state index is 5.23. The summed E-state index contributed by atoms with van der Waals surface area (Å²) in [6.07, 6.45) is 5.52. The van der Waals surface area contributed by atoms with Crippen molar-refractivity contribution in [3.05, 3.63) is 78.4 Å². The molecule has 1 heterocycles. The summed E-state index contributed by atoms with van der Waals surface area (Å²) in [5.41, 5.74) is 4.63. The number of anilines is 1. The Morgan fingerprint density at radius 3 is 2.64 bits per heavy atom. The number of para-hydroxylation sites is 1. The first-order chi connectivity index (χ1) is 10.9. The van der Waals surface area contributed by atoms with Gasteiger partial charge >= 0.3 is 0 Å². The van der Waals surface area contributed by atoms with Crippen molar-refractivity contribution in [2.45, 2.75) is 13.2 Å². The molecule has 112 valence electrons. The zero-order valence-corrected chi connectivity index (χ0v) is 12.6. The van der Waals surface area contributed by atoms with E-state index in [1.165, 1.54) is 11.1 Å². The van der Waals surface area contributed by atoms with E-state index in [9.17, 15) is 0 Å². The number of methoxy groups -OCH3 is 1. The maximum Gasteiger partial charge on any atom is 0.0991 e. The molecule has 0 unspecified atom stereocenters. The van der Waals surface area contributed by atoms with Crippen molar-refractivity contribution in [3.8, 4) is 5.69 Å². The van der Waals surface area contributed by atoms with Crippen LogP contribution < -0.4 is 5.32 Å². The van der Waals surface area contributed by atoms with E-state index in [2.05, 4.69) is 46.7 Å². The van der Waals surface area contributed by atoms with Crippen LogP contribution in [0.1, 0.15) is 11.1 Å². The minimum Gasteiger partial charge on any atom is -0.381 e. The lowest BCUT2D eigenvalue weighted by Crippen LogP contribution is -2.03. The van der Waals surface area contributed by atoms with Crippen LogP contribution in [0.15, 0.2) is 67.3 Å². The van der Waals surface area contributed by atoms with E-state index in [-0.39, 0.29) is 0 Å². The largest absolute Gasteiger partial charge is 0.381 e. The van der Waals surface area contributed by atoms with Gasteiger partial charge in [0.25, 0.3) is 0 Å². The third kappa shape index (κ3) is 3.35. The van der Waals surface area contributed by atoms with Crippen LogP contribution in [0, 0.1) is 0 Å². The standard InChI is InChI=1S/C18H19N3O/c1-22-13-16-4-2-3-5-18(16)20-12-15-6-8-17(9-7-15)21-11-10-19-14-21/h2-11,14,20H,12-13H2,1H3. The summed E-state index contributed by atoms with van der Waals surface area (Å²) >= 11 is 0. The molecule has 1 N–H and O–H groups in total. The first kappa shape index (κ1) is 14.4. The van der Waals surface area contributed by atoms with E-state index < -0.39 is 0 Å². The SMILES string of the molecule is COCc1ccccc1NCc1ccc(-n2ccnc2)cc1. The first-order valence-corrected chi connectivity index (χ1v) is 7.25. The fourth-order valence-corrected chi connectivity index (χ4v) is 2.37. The van der Waals surface area contributed by atoms with Crippen molar-refractivity contribution in [2.24, 2.45) is 0 Å². The average molecular weight is 293 g/mol. The highest BCUT2D eigenvalue weighted by molar-refractivity contribution is 5.51. The summed E-state index contributed by atoms with van der Waals surface area (Å²) in [7, 11) is 1.71. The zero-order chi connectivity index (χ0) is 15.2. The van der Waals surface area contributed by atoms with Crippen molar-refractivity contribution < 1.29 is 4.74 Å². The Kier molecular flexibility index (Phi) is 4.51. The van der Waals surface area contributed by atoms with Gasteiger partial charge in [-0.3, -0.25) is 0 Å². The molecule has 3 aromatic rings. The highest BCUT2D eigenvalue weighted by Crippen LogP contribution is 2.17. The number of nitrogens with one attached hydrogen (secondary N) is 1. The topological polar surface area (TPSA) is 39.1 Å². The average Bonchev–Trinajstić information content (AvgIpc) is 3.09. The fourth-order valence-electron chi connectivity index (χ4n) is 2.37. The molecule has 0 atom stereocenters. The Morgan fingerprint density at radius 2 is 1.91 bits per heavy atom. The van der Waals surface area contributed by atoms with Gasteiger partial charge in [0.2, 0.25) is 0 Å². The van der Waals surface area contributed by atoms with E-state index in [4.69, 9.17) is 4.74 Å². The Morgan fingerprint density at radius 1 is 1.09 bits per heavy atom. The minimum atomic E-state index is 0.614. The van der Waals surface area contributed by atoms with Crippen LogP contribution in [0.25, 0.3) is 5.69 Å². The minimum absolute atomic E-state index is 0.614. The molecule has 0 saturated heterocycles. The summed E-state index contributed by atoms with van der Waals surface area (Å²) in [6, 6.07) is 16.7. The summed E-state index contributed by atoms with van der Waals surface area (Å²) in [5.74, 6) is 0. The van der Waals surface area contributed by atoms with Gasteiger partial charge in [0.05, 0.1) is 12.9 Å². The lowest BCUT2D eigenvalue weighted by molar-refractivity contribution is 0.185. The van der Waals surface area contributed by atoms with Gasteiger partial charge in [-0.15, -0.1) is 0 Å². The van der Waals surface area contributed by atoms with Crippen LogP contribution in [-0.4, -0.2) is 16.7 Å². The van der Waals surface area contributed by atoms with Gasteiger partial charge in [-0.2, -0.15) is 0 Å². The van der Waals surface area contributed by atoms with Gasteiger partial charge in [-0.05, 0) is 23.8 Å². The van der Waals surface area contributed by atoms with Gasteiger partial charge in [0.1, 0.15) is 0 Å². The second-order valence-corrected chi connectivity index (χ2v) is 5.08. The molecule has 0 saturated carbocycles. The van der Waals surface area contributed by atoms with Gasteiger partial charge in [-0.1, -0.05) is 30.3 Å². The normalized spacial score (nSPS) is 10.6. The van der Waals surface area contributed by atoms with Crippen LogP contribution in [-0.2, 0) is 17.9 Å². The Balaban J connectivity index is 1.67. The summed E-state index contributed by atoms with van der Waals surface area (Å²) in [4.78, 5) is 4.06. The van der Waals surface area contributed by atoms with E-state index in [0.29, 0.717) is 6.61 Å². The van der Waals surface area contributed by atoms with Crippen molar-refractivity contribution in [1.82, 2.24) is 9.55 Å². The molecule has 4 nitrogen and oxygen atoms in total. The van der Waals surface area contributed by atoms with Gasteiger partial charge in [0, 0.05) is 43.0 Å². The zero-order valence-electron chi connectivity index (χ0n) is 12.6. The highest BCUT2D eigenvalue weighted by atomic mass is 16.5. The van der Waals surface area contributed by atoms with Crippen LogP contribution in [0.4, 0.5) is 5.69 Å². The number of nitrogens with zero attached hydrogens (tertiary/aromatic N) is 2. The van der Waals surface area contributed by atoms with Crippen LogP contribution in [0.2, 0.25) is 0 Å². The predicted octanol–water partition coefficient (Wildman–Crippen LogP) is 3.63. The van der Waals surface area contributed by atoms with Crippen molar-refractivity contribution in [2.75, 3.05) is 12.4 Å². The summed E-state index contributed by atoms with van der Waals surface area (Å²) in [6.45, 7) is 1.40. The molecule has 0 aliphatic carbocycles.